The third-order valence-corrected chi connectivity index (χ3v) is 5.22. The lowest BCUT2D eigenvalue weighted by atomic mass is 9.98. The molecule has 0 spiro atoms. The number of carbonyl (C=O) groups excluding carboxylic acids is 1. The summed E-state index contributed by atoms with van der Waals surface area (Å²) in [6, 6.07) is 9.11. The van der Waals surface area contributed by atoms with Gasteiger partial charge in [-0.25, -0.2) is 0 Å². The zero-order valence-corrected chi connectivity index (χ0v) is 13.8. The van der Waals surface area contributed by atoms with Gasteiger partial charge in [0.1, 0.15) is 0 Å². The van der Waals surface area contributed by atoms with Gasteiger partial charge < -0.3 is 4.98 Å². The van der Waals surface area contributed by atoms with Crippen molar-refractivity contribution in [3.8, 4) is 0 Å². The number of hydrogen-bond donors (Lipinski definition) is 1. The molecule has 3 heteroatoms. The molecule has 1 aromatic carbocycles. The first-order valence-electron chi connectivity index (χ1n) is 8.46. The van der Waals surface area contributed by atoms with Crippen molar-refractivity contribution in [3.05, 3.63) is 36.0 Å². The molecule has 1 aromatic heterocycles. The molecular formula is C19H26N2O. The molecule has 1 saturated carbocycles. The van der Waals surface area contributed by atoms with Gasteiger partial charge in [0.2, 0.25) is 0 Å². The molecule has 1 aliphatic carbocycles. The third kappa shape index (κ3) is 2.95. The van der Waals surface area contributed by atoms with Gasteiger partial charge in [0.15, 0.2) is 5.78 Å². The number of aromatic nitrogens is 1. The fraction of sp³-hybridized carbons (Fsp3) is 0.526. The van der Waals surface area contributed by atoms with Crippen molar-refractivity contribution >= 4 is 16.7 Å². The van der Waals surface area contributed by atoms with Gasteiger partial charge in [-0.3, -0.25) is 9.69 Å². The number of Topliss-reactive ketones (excluding diaryl/α,β-unsaturated/α-hetero) is 1. The lowest BCUT2D eigenvalue weighted by molar-refractivity contribution is 0.0846. The minimum Gasteiger partial charge on any atom is -0.360 e. The predicted octanol–water partition coefficient (Wildman–Crippen LogP) is 4.25. The van der Waals surface area contributed by atoms with E-state index >= 15 is 0 Å². The minimum atomic E-state index is 0.236. The third-order valence-electron chi connectivity index (χ3n) is 5.22. The van der Waals surface area contributed by atoms with Crippen LogP contribution in [0.2, 0.25) is 0 Å². The molecule has 118 valence electrons. The fourth-order valence-corrected chi connectivity index (χ4v) is 3.23. The van der Waals surface area contributed by atoms with Crippen LogP contribution >= 0.6 is 0 Å². The van der Waals surface area contributed by atoms with Crippen LogP contribution < -0.4 is 0 Å². The Labute approximate surface area is 132 Å². The Morgan fingerprint density at radius 1 is 1.32 bits per heavy atom. The SMILES string of the molecule is CCC(C)C(C)N(CC(=O)c1c[nH]c2ccccc12)C1CC1. The highest BCUT2D eigenvalue weighted by molar-refractivity contribution is 6.08. The van der Waals surface area contributed by atoms with Crippen molar-refractivity contribution in [2.45, 2.75) is 52.1 Å². The summed E-state index contributed by atoms with van der Waals surface area (Å²) in [7, 11) is 0. The van der Waals surface area contributed by atoms with E-state index in [0.29, 0.717) is 24.5 Å². The van der Waals surface area contributed by atoms with E-state index in [1.807, 2.05) is 30.5 Å². The maximum absolute atomic E-state index is 12.8. The van der Waals surface area contributed by atoms with Crippen molar-refractivity contribution in [1.82, 2.24) is 9.88 Å². The summed E-state index contributed by atoms with van der Waals surface area (Å²) in [5.74, 6) is 0.857. The molecule has 0 bridgehead atoms. The van der Waals surface area contributed by atoms with Gasteiger partial charge in [0.05, 0.1) is 6.54 Å². The van der Waals surface area contributed by atoms with E-state index in [1.54, 1.807) is 0 Å². The lowest BCUT2D eigenvalue weighted by Gasteiger charge is -2.32. The molecule has 0 amide bonds. The van der Waals surface area contributed by atoms with Crippen molar-refractivity contribution in [3.63, 3.8) is 0 Å². The maximum atomic E-state index is 12.8. The Balaban J connectivity index is 1.79. The molecule has 1 aliphatic rings. The summed E-state index contributed by atoms with van der Waals surface area (Å²) in [5.41, 5.74) is 1.87. The second-order valence-corrected chi connectivity index (χ2v) is 6.70. The molecule has 3 nitrogen and oxygen atoms in total. The number of nitrogens with zero attached hydrogens (tertiary/aromatic N) is 1. The van der Waals surface area contributed by atoms with E-state index in [-0.39, 0.29) is 5.78 Å². The summed E-state index contributed by atoms with van der Waals surface area (Å²) in [5, 5.41) is 1.04. The van der Waals surface area contributed by atoms with Crippen molar-refractivity contribution in [2.24, 2.45) is 5.92 Å². The number of ketones is 1. The van der Waals surface area contributed by atoms with Crippen LogP contribution in [0.3, 0.4) is 0 Å². The average molecular weight is 298 g/mol. The summed E-state index contributed by atoms with van der Waals surface area (Å²) in [4.78, 5) is 18.5. The van der Waals surface area contributed by atoms with Crippen molar-refractivity contribution in [2.75, 3.05) is 6.54 Å². The largest absolute Gasteiger partial charge is 0.360 e. The maximum Gasteiger partial charge on any atom is 0.178 e. The van der Waals surface area contributed by atoms with E-state index in [0.717, 1.165) is 22.9 Å². The van der Waals surface area contributed by atoms with E-state index in [9.17, 15) is 4.79 Å². The number of H-pyrrole nitrogens is 1. The van der Waals surface area contributed by atoms with Gasteiger partial charge >= 0.3 is 0 Å². The van der Waals surface area contributed by atoms with Crippen LogP contribution in [-0.4, -0.2) is 34.3 Å². The van der Waals surface area contributed by atoms with Crippen LogP contribution in [0.1, 0.15) is 50.4 Å². The zero-order chi connectivity index (χ0) is 15.7. The van der Waals surface area contributed by atoms with Crippen LogP contribution in [-0.2, 0) is 0 Å². The van der Waals surface area contributed by atoms with Gasteiger partial charge in [-0.1, -0.05) is 38.5 Å². The molecule has 2 unspecified atom stereocenters. The van der Waals surface area contributed by atoms with E-state index < -0.39 is 0 Å². The van der Waals surface area contributed by atoms with Gasteiger partial charge in [-0.15, -0.1) is 0 Å². The highest BCUT2D eigenvalue weighted by Crippen LogP contribution is 2.31. The lowest BCUT2D eigenvalue weighted by Crippen LogP contribution is -2.42. The monoisotopic (exact) mass is 298 g/mol. The predicted molar refractivity (Wildman–Crippen MR) is 91.3 cm³/mol. The number of nitrogens with one attached hydrogen (secondary N) is 1. The number of fused-ring (bicyclic) bond motifs is 1. The Hall–Kier alpha value is -1.61. The molecule has 1 N–H and O–H groups in total. The number of rotatable bonds is 7. The van der Waals surface area contributed by atoms with Crippen LogP contribution in [0.5, 0.6) is 0 Å². The molecular weight excluding hydrogens is 272 g/mol. The van der Waals surface area contributed by atoms with E-state index in [2.05, 4.69) is 30.7 Å². The number of hydrogen-bond acceptors (Lipinski definition) is 2. The first kappa shape index (κ1) is 15.3. The van der Waals surface area contributed by atoms with Gasteiger partial charge in [0.25, 0.3) is 0 Å². The van der Waals surface area contributed by atoms with Crippen molar-refractivity contribution < 1.29 is 4.79 Å². The van der Waals surface area contributed by atoms with Crippen LogP contribution in [0.25, 0.3) is 10.9 Å². The molecule has 0 radical (unpaired) electrons. The van der Waals surface area contributed by atoms with Gasteiger partial charge in [-0.05, 0) is 31.7 Å². The first-order chi connectivity index (χ1) is 10.6. The fourth-order valence-electron chi connectivity index (χ4n) is 3.23. The summed E-state index contributed by atoms with van der Waals surface area (Å²) >= 11 is 0. The summed E-state index contributed by atoms with van der Waals surface area (Å²) in [6.07, 6.45) is 5.50. The van der Waals surface area contributed by atoms with Gasteiger partial charge in [-0.2, -0.15) is 0 Å². The topological polar surface area (TPSA) is 36.1 Å². The van der Waals surface area contributed by atoms with Crippen LogP contribution in [0.4, 0.5) is 0 Å². The number of carbonyl (C=O) groups is 1. The van der Waals surface area contributed by atoms with E-state index in [1.165, 1.54) is 12.8 Å². The Kier molecular flexibility index (Phi) is 4.34. The quantitative estimate of drug-likeness (QED) is 0.776. The minimum absolute atomic E-state index is 0.236. The summed E-state index contributed by atoms with van der Waals surface area (Å²) < 4.78 is 0. The Morgan fingerprint density at radius 3 is 2.73 bits per heavy atom. The van der Waals surface area contributed by atoms with Crippen molar-refractivity contribution in [1.29, 1.82) is 0 Å². The molecule has 0 aliphatic heterocycles. The zero-order valence-electron chi connectivity index (χ0n) is 13.8. The highest BCUT2D eigenvalue weighted by atomic mass is 16.1. The molecule has 22 heavy (non-hydrogen) atoms. The summed E-state index contributed by atoms with van der Waals surface area (Å²) in [6.45, 7) is 7.33. The smallest absolute Gasteiger partial charge is 0.178 e. The first-order valence-corrected chi connectivity index (χ1v) is 8.46. The van der Waals surface area contributed by atoms with Crippen LogP contribution in [0.15, 0.2) is 30.5 Å². The number of aromatic amines is 1. The molecule has 2 atom stereocenters. The second kappa shape index (κ2) is 6.25. The Bertz CT molecular complexity index is 656. The van der Waals surface area contributed by atoms with Crippen LogP contribution in [0, 0.1) is 5.92 Å². The molecule has 0 saturated heterocycles. The van der Waals surface area contributed by atoms with Gasteiger partial charge in [0, 0.05) is 34.7 Å². The number of benzene rings is 1. The van der Waals surface area contributed by atoms with E-state index in [4.69, 9.17) is 0 Å². The molecule has 3 rings (SSSR count). The molecule has 1 heterocycles. The Morgan fingerprint density at radius 2 is 2.05 bits per heavy atom. The molecule has 2 aromatic rings. The second-order valence-electron chi connectivity index (χ2n) is 6.70. The standard InChI is InChI=1S/C19H26N2O/c1-4-13(2)14(3)21(15-9-10-15)12-19(22)17-11-20-18-8-6-5-7-16(17)18/h5-8,11,13-15,20H,4,9-10,12H2,1-3H3. The highest BCUT2D eigenvalue weighted by Gasteiger charge is 2.35. The number of para-hydroxylation sites is 1. The molecule has 1 fully saturated rings. The normalized spacial score (nSPS) is 17.8. The average Bonchev–Trinajstić information content (AvgIpc) is 3.29.